The van der Waals surface area contributed by atoms with Gasteiger partial charge >= 0.3 is 0 Å². The normalized spacial score (nSPS) is 12.4. The molecule has 0 saturated heterocycles. The molecule has 0 bridgehead atoms. The van der Waals surface area contributed by atoms with E-state index >= 15 is 0 Å². The van der Waals surface area contributed by atoms with Gasteiger partial charge in [0.2, 0.25) is 0 Å². The Morgan fingerprint density at radius 1 is 1.33 bits per heavy atom. The molecule has 1 aromatic carbocycles. The van der Waals surface area contributed by atoms with Crippen LogP contribution in [-0.2, 0) is 6.42 Å². The highest BCUT2D eigenvalue weighted by molar-refractivity contribution is 7.10. The number of hydrogen-bond acceptors (Lipinski definition) is 3. The minimum absolute atomic E-state index is 0.303. The predicted octanol–water partition coefficient (Wildman–Crippen LogP) is 5.00. The maximum absolute atomic E-state index is 6.14. The second-order valence-corrected chi connectivity index (χ2v) is 6.52. The SMILES string of the molecule is CCCNC(Cc1cc(Cl)ccc1OC)c1sccc1C. The summed E-state index contributed by atoms with van der Waals surface area (Å²) in [6.45, 7) is 5.36. The molecule has 1 N–H and O–H groups in total. The van der Waals surface area contributed by atoms with Gasteiger partial charge in [-0.3, -0.25) is 0 Å². The zero-order valence-corrected chi connectivity index (χ0v) is 14.4. The predicted molar refractivity (Wildman–Crippen MR) is 91.8 cm³/mol. The Kier molecular flexibility index (Phi) is 6.09. The fourth-order valence-electron chi connectivity index (χ4n) is 2.44. The van der Waals surface area contributed by atoms with Crippen molar-refractivity contribution in [2.45, 2.75) is 32.7 Å². The third kappa shape index (κ3) is 4.22. The van der Waals surface area contributed by atoms with Crippen molar-refractivity contribution in [3.8, 4) is 5.75 Å². The number of hydrogen-bond donors (Lipinski definition) is 1. The molecule has 0 aliphatic rings. The summed E-state index contributed by atoms with van der Waals surface area (Å²) >= 11 is 7.95. The van der Waals surface area contributed by atoms with Gasteiger partial charge < -0.3 is 10.1 Å². The Bertz CT molecular complexity index is 582. The van der Waals surface area contributed by atoms with Gasteiger partial charge in [0, 0.05) is 15.9 Å². The standard InChI is InChI=1S/C17H22ClNOS/c1-4-8-19-15(17-12(2)7-9-21-17)11-13-10-14(18)5-6-16(13)20-3/h5-7,9-10,15,19H,4,8,11H2,1-3H3. The van der Waals surface area contributed by atoms with Crippen molar-refractivity contribution in [1.29, 1.82) is 0 Å². The van der Waals surface area contributed by atoms with Crippen LogP contribution in [0.5, 0.6) is 5.75 Å². The molecular formula is C17H22ClNOS. The lowest BCUT2D eigenvalue weighted by Crippen LogP contribution is -2.24. The quantitative estimate of drug-likeness (QED) is 0.774. The van der Waals surface area contributed by atoms with E-state index in [2.05, 4.69) is 30.6 Å². The maximum atomic E-state index is 6.14. The summed E-state index contributed by atoms with van der Waals surface area (Å²) in [5.41, 5.74) is 2.49. The number of benzene rings is 1. The van der Waals surface area contributed by atoms with Crippen LogP contribution in [0.1, 0.15) is 35.4 Å². The second kappa shape index (κ2) is 7.83. The highest BCUT2D eigenvalue weighted by Crippen LogP contribution is 2.31. The van der Waals surface area contributed by atoms with Gasteiger partial charge in [0.25, 0.3) is 0 Å². The molecule has 0 saturated carbocycles. The molecule has 4 heteroatoms. The van der Waals surface area contributed by atoms with E-state index in [1.165, 1.54) is 10.4 Å². The Hall–Kier alpha value is -1.03. The minimum Gasteiger partial charge on any atom is -0.496 e. The van der Waals surface area contributed by atoms with E-state index in [0.29, 0.717) is 6.04 Å². The smallest absolute Gasteiger partial charge is 0.122 e. The fourth-order valence-corrected chi connectivity index (χ4v) is 3.64. The molecule has 2 nitrogen and oxygen atoms in total. The van der Waals surface area contributed by atoms with Gasteiger partial charge in [-0.05, 0) is 67.1 Å². The zero-order valence-electron chi connectivity index (χ0n) is 12.8. The number of methoxy groups -OCH3 is 1. The molecule has 21 heavy (non-hydrogen) atoms. The number of halogens is 1. The first-order valence-corrected chi connectivity index (χ1v) is 8.51. The van der Waals surface area contributed by atoms with E-state index in [1.807, 2.05) is 29.5 Å². The van der Waals surface area contributed by atoms with Gasteiger partial charge in [-0.15, -0.1) is 11.3 Å². The summed E-state index contributed by atoms with van der Waals surface area (Å²) in [5.74, 6) is 0.900. The molecule has 1 heterocycles. The molecule has 0 spiro atoms. The van der Waals surface area contributed by atoms with E-state index in [0.717, 1.165) is 35.7 Å². The van der Waals surface area contributed by atoms with Crippen LogP contribution in [0.2, 0.25) is 5.02 Å². The molecule has 1 aromatic heterocycles. The molecule has 1 atom stereocenters. The topological polar surface area (TPSA) is 21.3 Å². The van der Waals surface area contributed by atoms with E-state index in [4.69, 9.17) is 16.3 Å². The van der Waals surface area contributed by atoms with Gasteiger partial charge in [0.1, 0.15) is 5.75 Å². The third-order valence-electron chi connectivity index (χ3n) is 3.53. The summed E-state index contributed by atoms with van der Waals surface area (Å²) < 4.78 is 5.47. The highest BCUT2D eigenvalue weighted by Gasteiger charge is 2.17. The monoisotopic (exact) mass is 323 g/mol. The van der Waals surface area contributed by atoms with Crippen molar-refractivity contribution >= 4 is 22.9 Å². The van der Waals surface area contributed by atoms with Gasteiger partial charge in [0.05, 0.1) is 7.11 Å². The van der Waals surface area contributed by atoms with Crippen molar-refractivity contribution < 1.29 is 4.74 Å². The molecule has 0 fully saturated rings. The summed E-state index contributed by atoms with van der Waals surface area (Å²) in [4.78, 5) is 1.39. The first-order valence-electron chi connectivity index (χ1n) is 7.25. The average molecular weight is 324 g/mol. The molecular weight excluding hydrogens is 302 g/mol. The number of thiophene rings is 1. The molecule has 0 aliphatic heterocycles. The van der Waals surface area contributed by atoms with Crippen LogP contribution in [0.4, 0.5) is 0 Å². The summed E-state index contributed by atoms with van der Waals surface area (Å²) in [6.07, 6.45) is 2.00. The summed E-state index contributed by atoms with van der Waals surface area (Å²) in [6, 6.07) is 8.29. The Labute approximate surface area is 136 Å². The zero-order chi connectivity index (χ0) is 15.2. The van der Waals surface area contributed by atoms with Crippen molar-refractivity contribution in [3.63, 3.8) is 0 Å². The van der Waals surface area contributed by atoms with Crippen LogP contribution in [0, 0.1) is 6.92 Å². The van der Waals surface area contributed by atoms with Crippen LogP contribution in [0.25, 0.3) is 0 Å². The number of ether oxygens (including phenoxy) is 1. The highest BCUT2D eigenvalue weighted by atomic mass is 35.5. The number of nitrogens with one attached hydrogen (secondary N) is 1. The largest absolute Gasteiger partial charge is 0.496 e. The molecule has 114 valence electrons. The molecule has 1 unspecified atom stereocenters. The van der Waals surface area contributed by atoms with Gasteiger partial charge in [0.15, 0.2) is 0 Å². The summed E-state index contributed by atoms with van der Waals surface area (Å²) in [7, 11) is 1.71. The molecule has 0 amide bonds. The van der Waals surface area contributed by atoms with Gasteiger partial charge in [-0.2, -0.15) is 0 Å². The van der Waals surface area contributed by atoms with Crippen LogP contribution in [-0.4, -0.2) is 13.7 Å². The summed E-state index contributed by atoms with van der Waals surface area (Å²) in [5, 5.41) is 6.55. The van der Waals surface area contributed by atoms with Crippen LogP contribution in [0.3, 0.4) is 0 Å². The number of aryl methyl sites for hydroxylation is 1. The average Bonchev–Trinajstić information content (AvgIpc) is 2.90. The van der Waals surface area contributed by atoms with Gasteiger partial charge in [-0.25, -0.2) is 0 Å². The van der Waals surface area contributed by atoms with Crippen molar-refractivity contribution in [1.82, 2.24) is 5.32 Å². The molecule has 2 aromatic rings. The van der Waals surface area contributed by atoms with Crippen LogP contribution < -0.4 is 10.1 Å². The maximum Gasteiger partial charge on any atom is 0.122 e. The second-order valence-electron chi connectivity index (χ2n) is 5.13. The Morgan fingerprint density at radius 3 is 2.76 bits per heavy atom. The molecule has 2 rings (SSSR count). The van der Waals surface area contributed by atoms with E-state index < -0.39 is 0 Å². The van der Waals surface area contributed by atoms with Crippen molar-refractivity contribution in [2.75, 3.05) is 13.7 Å². The molecule has 0 aliphatic carbocycles. The molecule has 0 radical (unpaired) electrons. The minimum atomic E-state index is 0.303. The third-order valence-corrected chi connectivity index (χ3v) is 4.89. The fraction of sp³-hybridized carbons (Fsp3) is 0.412. The van der Waals surface area contributed by atoms with Crippen LogP contribution >= 0.6 is 22.9 Å². The Morgan fingerprint density at radius 2 is 2.14 bits per heavy atom. The lowest BCUT2D eigenvalue weighted by atomic mass is 10.0. The van der Waals surface area contributed by atoms with Crippen molar-refractivity contribution in [2.24, 2.45) is 0 Å². The van der Waals surface area contributed by atoms with Crippen molar-refractivity contribution in [3.05, 3.63) is 50.7 Å². The van der Waals surface area contributed by atoms with E-state index in [1.54, 1.807) is 7.11 Å². The lowest BCUT2D eigenvalue weighted by molar-refractivity contribution is 0.405. The lowest BCUT2D eigenvalue weighted by Gasteiger charge is -2.20. The van der Waals surface area contributed by atoms with E-state index in [-0.39, 0.29) is 0 Å². The first kappa shape index (κ1) is 16.3. The van der Waals surface area contributed by atoms with E-state index in [9.17, 15) is 0 Å². The van der Waals surface area contributed by atoms with Crippen LogP contribution in [0.15, 0.2) is 29.6 Å². The Balaban J connectivity index is 2.26. The number of rotatable bonds is 7. The van der Waals surface area contributed by atoms with Gasteiger partial charge in [-0.1, -0.05) is 18.5 Å². The first-order chi connectivity index (χ1) is 10.2.